The van der Waals surface area contributed by atoms with Gasteiger partial charge in [0.2, 0.25) is 5.88 Å². The lowest BCUT2D eigenvalue weighted by molar-refractivity contribution is 0.0965. The van der Waals surface area contributed by atoms with Gasteiger partial charge in [0.15, 0.2) is 11.5 Å². The van der Waals surface area contributed by atoms with Gasteiger partial charge in [-0.25, -0.2) is 9.97 Å². The van der Waals surface area contributed by atoms with Crippen LogP contribution in [-0.4, -0.2) is 29.4 Å². The third kappa shape index (κ3) is 4.11. The minimum Gasteiger partial charge on any atom is -0.479 e. The predicted molar refractivity (Wildman–Crippen MR) is 65.0 cm³/mol. The Kier molecular flexibility index (Phi) is 5.56. The summed E-state index contributed by atoms with van der Waals surface area (Å²) < 4.78 is 5.01. The second-order valence-electron chi connectivity index (χ2n) is 4.06. The first-order valence-electron chi connectivity index (χ1n) is 5.77. The summed E-state index contributed by atoms with van der Waals surface area (Å²) in [6.07, 6.45) is 5.21. The zero-order valence-corrected chi connectivity index (χ0v) is 10.3. The number of nitrogens with zero attached hydrogens (tertiary/aromatic N) is 2. The Morgan fingerprint density at radius 1 is 1.41 bits per heavy atom. The van der Waals surface area contributed by atoms with Crippen molar-refractivity contribution in [3.63, 3.8) is 0 Å². The highest BCUT2D eigenvalue weighted by atomic mass is 16.5. The molecule has 1 heterocycles. The van der Waals surface area contributed by atoms with Crippen LogP contribution in [0.2, 0.25) is 0 Å². The van der Waals surface area contributed by atoms with E-state index in [1.807, 2.05) is 0 Å². The minimum atomic E-state index is -0.0289. The molecule has 2 N–H and O–H groups in total. The molecule has 0 saturated heterocycles. The Hall–Kier alpha value is -1.49. The van der Waals surface area contributed by atoms with Crippen molar-refractivity contribution in [3.05, 3.63) is 18.1 Å². The van der Waals surface area contributed by atoms with E-state index in [-0.39, 0.29) is 5.78 Å². The smallest absolute Gasteiger partial charge is 0.243 e. The molecule has 1 unspecified atom stereocenters. The zero-order chi connectivity index (χ0) is 12.7. The maximum atomic E-state index is 11.9. The fraction of sp³-hybridized carbons (Fsp3) is 0.583. The van der Waals surface area contributed by atoms with Gasteiger partial charge in [-0.2, -0.15) is 0 Å². The number of hydrogen-bond donors (Lipinski definition) is 1. The summed E-state index contributed by atoms with van der Waals surface area (Å²) in [4.78, 5) is 19.9. The summed E-state index contributed by atoms with van der Waals surface area (Å²) >= 11 is 0. The summed E-state index contributed by atoms with van der Waals surface area (Å²) in [5, 5.41) is 0. The molecule has 5 heteroatoms. The van der Waals surface area contributed by atoms with Crippen molar-refractivity contribution in [2.24, 2.45) is 11.7 Å². The van der Waals surface area contributed by atoms with E-state index < -0.39 is 0 Å². The van der Waals surface area contributed by atoms with Crippen LogP contribution in [0.4, 0.5) is 0 Å². The fourth-order valence-electron chi connectivity index (χ4n) is 1.59. The molecule has 0 aromatic carbocycles. The summed E-state index contributed by atoms with van der Waals surface area (Å²) in [7, 11) is 1.48. The number of Topliss-reactive ketones (excluding diaryl/α,β-unsaturated/α-hetero) is 1. The van der Waals surface area contributed by atoms with Gasteiger partial charge in [-0.1, -0.05) is 6.92 Å². The highest BCUT2D eigenvalue weighted by molar-refractivity contribution is 5.96. The van der Waals surface area contributed by atoms with Gasteiger partial charge in [0, 0.05) is 18.8 Å². The van der Waals surface area contributed by atoms with E-state index >= 15 is 0 Å². The standard InChI is InChI=1S/C12H19N3O2/c1-9(5-6-13)3-4-10(16)11-12(17-2)15-8-7-14-11/h7-9H,3-6,13H2,1-2H3. The Labute approximate surface area is 101 Å². The topological polar surface area (TPSA) is 78.1 Å². The lowest BCUT2D eigenvalue weighted by atomic mass is 9.99. The molecule has 0 saturated carbocycles. The lowest BCUT2D eigenvalue weighted by Crippen LogP contribution is -2.10. The molecule has 1 rings (SSSR count). The van der Waals surface area contributed by atoms with Crippen LogP contribution in [0.25, 0.3) is 0 Å². The largest absolute Gasteiger partial charge is 0.479 e. The van der Waals surface area contributed by atoms with Gasteiger partial charge in [0.1, 0.15) is 0 Å². The number of rotatable bonds is 7. The number of ketones is 1. The molecule has 1 aromatic rings. The summed E-state index contributed by atoms with van der Waals surface area (Å²) in [5.74, 6) is 0.717. The fourth-order valence-corrected chi connectivity index (χ4v) is 1.59. The van der Waals surface area contributed by atoms with Gasteiger partial charge in [0.25, 0.3) is 0 Å². The third-order valence-electron chi connectivity index (χ3n) is 2.65. The van der Waals surface area contributed by atoms with Crippen molar-refractivity contribution >= 4 is 5.78 Å². The Morgan fingerprint density at radius 3 is 2.76 bits per heavy atom. The van der Waals surface area contributed by atoms with Crippen molar-refractivity contribution in [1.82, 2.24) is 9.97 Å². The van der Waals surface area contributed by atoms with Gasteiger partial charge in [0.05, 0.1) is 7.11 Å². The average molecular weight is 237 g/mol. The van der Waals surface area contributed by atoms with Crippen LogP contribution >= 0.6 is 0 Å². The Balaban J connectivity index is 2.58. The van der Waals surface area contributed by atoms with E-state index in [4.69, 9.17) is 10.5 Å². The summed E-state index contributed by atoms with van der Waals surface area (Å²) in [6.45, 7) is 2.75. The maximum Gasteiger partial charge on any atom is 0.243 e. The van der Waals surface area contributed by atoms with Crippen LogP contribution in [0.3, 0.4) is 0 Å². The molecule has 0 aliphatic carbocycles. The van der Waals surface area contributed by atoms with Crippen LogP contribution in [0.1, 0.15) is 36.7 Å². The number of hydrogen-bond acceptors (Lipinski definition) is 5. The second-order valence-corrected chi connectivity index (χ2v) is 4.06. The van der Waals surface area contributed by atoms with E-state index in [9.17, 15) is 4.79 Å². The Bertz CT molecular complexity index is 369. The normalized spacial score (nSPS) is 12.2. The molecule has 0 spiro atoms. The van der Waals surface area contributed by atoms with Crippen molar-refractivity contribution < 1.29 is 9.53 Å². The van der Waals surface area contributed by atoms with E-state index in [0.717, 1.165) is 12.8 Å². The Morgan fingerprint density at radius 2 is 2.12 bits per heavy atom. The van der Waals surface area contributed by atoms with E-state index in [2.05, 4.69) is 16.9 Å². The van der Waals surface area contributed by atoms with Crippen LogP contribution in [0.15, 0.2) is 12.4 Å². The van der Waals surface area contributed by atoms with Gasteiger partial charge in [-0.15, -0.1) is 0 Å². The molecule has 5 nitrogen and oxygen atoms in total. The summed E-state index contributed by atoms with van der Waals surface area (Å²) in [5.41, 5.74) is 5.78. The molecule has 0 radical (unpaired) electrons. The molecular formula is C12H19N3O2. The van der Waals surface area contributed by atoms with Crippen molar-refractivity contribution in [1.29, 1.82) is 0 Å². The predicted octanol–water partition coefficient (Wildman–Crippen LogP) is 1.43. The first kappa shape index (κ1) is 13.6. The third-order valence-corrected chi connectivity index (χ3v) is 2.65. The number of carbonyl (C=O) groups is 1. The molecule has 17 heavy (non-hydrogen) atoms. The molecule has 94 valence electrons. The monoisotopic (exact) mass is 237 g/mol. The average Bonchev–Trinajstić information content (AvgIpc) is 2.36. The molecular weight excluding hydrogens is 218 g/mol. The number of carbonyl (C=O) groups excluding carboxylic acids is 1. The zero-order valence-electron chi connectivity index (χ0n) is 10.3. The van der Waals surface area contributed by atoms with E-state index in [0.29, 0.717) is 30.5 Å². The molecule has 0 bridgehead atoms. The first-order chi connectivity index (χ1) is 8.19. The van der Waals surface area contributed by atoms with Crippen molar-refractivity contribution in [2.75, 3.05) is 13.7 Å². The van der Waals surface area contributed by atoms with Crippen LogP contribution in [0, 0.1) is 5.92 Å². The highest BCUT2D eigenvalue weighted by Crippen LogP contribution is 2.16. The molecule has 0 amide bonds. The first-order valence-corrected chi connectivity index (χ1v) is 5.77. The SMILES string of the molecule is COc1nccnc1C(=O)CCC(C)CCN. The van der Waals surface area contributed by atoms with Gasteiger partial charge in [-0.05, 0) is 25.3 Å². The van der Waals surface area contributed by atoms with Gasteiger partial charge >= 0.3 is 0 Å². The second kappa shape index (κ2) is 6.96. The number of methoxy groups -OCH3 is 1. The van der Waals surface area contributed by atoms with Crippen LogP contribution in [0.5, 0.6) is 5.88 Å². The van der Waals surface area contributed by atoms with Crippen molar-refractivity contribution in [2.45, 2.75) is 26.2 Å². The van der Waals surface area contributed by atoms with Gasteiger partial charge < -0.3 is 10.5 Å². The molecule has 0 fully saturated rings. The number of nitrogens with two attached hydrogens (primary N) is 1. The molecule has 1 atom stereocenters. The molecule has 1 aromatic heterocycles. The van der Waals surface area contributed by atoms with Crippen molar-refractivity contribution in [3.8, 4) is 5.88 Å². The minimum absolute atomic E-state index is 0.0289. The van der Waals surface area contributed by atoms with Crippen LogP contribution < -0.4 is 10.5 Å². The van der Waals surface area contributed by atoms with Gasteiger partial charge in [-0.3, -0.25) is 4.79 Å². The molecule has 0 aliphatic heterocycles. The highest BCUT2D eigenvalue weighted by Gasteiger charge is 2.15. The maximum absolute atomic E-state index is 11.9. The quantitative estimate of drug-likeness (QED) is 0.726. The van der Waals surface area contributed by atoms with Crippen LogP contribution in [-0.2, 0) is 0 Å². The summed E-state index contributed by atoms with van der Waals surface area (Å²) in [6, 6.07) is 0. The van der Waals surface area contributed by atoms with E-state index in [1.165, 1.54) is 19.5 Å². The van der Waals surface area contributed by atoms with E-state index in [1.54, 1.807) is 0 Å². The number of aromatic nitrogens is 2. The molecule has 0 aliphatic rings. The number of ether oxygens (including phenoxy) is 1. The lowest BCUT2D eigenvalue weighted by Gasteiger charge is -2.09.